The van der Waals surface area contributed by atoms with Gasteiger partial charge in [0, 0.05) is 28.1 Å². The molecule has 0 saturated carbocycles. The Hall–Kier alpha value is -2.59. The fourth-order valence-corrected chi connectivity index (χ4v) is 3.17. The summed E-state index contributed by atoms with van der Waals surface area (Å²) in [5.74, 6) is 0.580. The van der Waals surface area contributed by atoms with Crippen LogP contribution in [0.4, 0.5) is 0 Å². The second-order valence-electron chi connectivity index (χ2n) is 6.68. The van der Waals surface area contributed by atoms with Crippen molar-refractivity contribution in [1.29, 1.82) is 0 Å². The van der Waals surface area contributed by atoms with Gasteiger partial charge >= 0.3 is 0 Å². The number of fused-ring (bicyclic) bond motifs is 1. The molecule has 0 radical (unpaired) electrons. The minimum atomic E-state index is -0.154. The first-order valence-corrected chi connectivity index (χ1v) is 9.69. The first-order valence-electron chi connectivity index (χ1n) is 9.31. The summed E-state index contributed by atoms with van der Waals surface area (Å²) in [6, 6.07) is 12.3. The Bertz CT molecular complexity index is 987. The zero-order valence-corrected chi connectivity index (χ0v) is 17.8. The number of hydrogen-bond acceptors (Lipinski definition) is 3. The average molecular weight is 400 g/mol. The lowest BCUT2D eigenvalue weighted by Crippen LogP contribution is -2.14. The van der Waals surface area contributed by atoms with Gasteiger partial charge in [-0.25, -0.2) is 0 Å². The molecule has 1 aromatic heterocycles. The number of methoxy groups -OCH3 is 1. The first kappa shape index (κ1) is 21.7. The van der Waals surface area contributed by atoms with Crippen molar-refractivity contribution in [2.45, 2.75) is 40.5 Å². The van der Waals surface area contributed by atoms with Crippen LogP contribution in [0, 0.1) is 6.92 Å². The van der Waals surface area contributed by atoms with Crippen LogP contribution in [-0.2, 0) is 11.2 Å². The third kappa shape index (κ3) is 4.63. The van der Waals surface area contributed by atoms with Crippen molar-refractivity contribution in [3.63, 3.8) is 0 Å². The minimum Gasteiger partial charge on any atom is -0.497 e. The van der Waals surface area contributed by atoms with E-state index in [4.69, 9.17) is 16.3 Å². The lowest BCUT2D eigenvalue weighted by molar-refractivity contribution is -0.116. The van der Waals surface area contributed by atoms with E-state index in [1.54, 1.807) is 42.9 Å². The Labute approximate surface area is 171 Å². The number of ketones is 1. The zero-order chi connectivity index (χ0) is 20.8. The lowest BCUT2D eigenvalue weighted by Gasteiger charge is -2.08. The Kier molecular flexibility index (Phi) is 7.41. The largest absolute Gasteiger partial charge is 0.497 e. The van der Waals surface area contributed by atoms with Gasteiger partial charge in [0.15, 0.2) is 0 Å². The second-order valence-corrected chi connectivity index (χ2v) is 7.12. The van der Waals surface area contributed by atoms with E-state index < -0.39 is 0 Å². The van der Waals surface area contributed by atoms with Gasteiger partial charge in [0.25, 0.3) is 5.91 Å². The van der Waals surface area contributed by atoms with Gasteiger partial charge in [0.2, 0.25) is 0 Å². The highest BCUT2D eigenvalue weighted by molar-refractivity contribution is 6.30. The topological polar surface area (TPSA) is 48.3 Å². The maximum absolute atomic E-state index is 13.0. The van der Waals surface area contributed by atoms with Crippen LogP contribution in [-0.4, -0.2) is 23.4 Å². The molecule has 0 amide bonds. The van der Waals surface area contributed by atoms with E-state index in [1.165, 1.54) is 6.42 Å². The van der Waals surface area contributed by atoms with Crippen molar-refractivity contribution in [3.05, 3.63) is 64.3 Å². The number of hydrogen-bond donors (Lipinski definition) is 0. The maximum atomic E-state index is 13.0. The van der Waals surface area contributed by atoms with E-state index in [0.29, 0.717) is 16.3 Å². The van der Waals surface area contributed by atoms with Gasteiger partial charge in [0.05, 0.1) is 12.6 Å². The SMILES string of the molecule is CCC.COc1ccc2c(c1)c(CC(C)=O)c(C)n2C(=O)c1ccc(Cl)cc1. The summed E-state index contributed by atoms with van der Waals surface area (Å²) in [4.78, 5) is 24.8. The zero-order valence-electron chi connectivity index (χ0n) is 17.0. The third-order valence-electron chi connectivity index (χ3n) is 4.26. The summed E-state index contributed by atoms with van der Waals surface area (Å²) in [6.07, 6.45) is 1.52. The summed E-state index contributed by atoms with van der Waals surface area (Å²) in [6.45, 7) is 7.66. The number of carbonyl (C=O) groups is 2. The third-order valence-corrected chi connectivity index (χ3v) is 4.51. The summed E-state index contributed by atoms with van der Waals surface area (Å²) in [7, 11) is 1.59. The number of carbonyl (C=O) groups excluding carboxylic acids is 2. The smallest absolute Gasteiger partial charge is 0.262 e. The van der Waals surface area contributed by atoms with Gasteiger partial charge in [-0.3, -0.25) is 14.2 Å². The van der Waals surface area contributed by atoms with Crippen LogP contribution < -0.4 is 4.74 Å². The quantitative estimate of drug-likeness (QED) is 0.553. The van der Waals surface area contributed by atoms with E-state index in [-0.39, 0.29) is 18.1 Å². The van der Waals surface area contributed by atoms with Crippen LogP contribution >= 0.6 is 11.6 Å². The van der Waals surface area contributed by atoms with E-state index in [9.17, 15) is 9.59 Å². The fraction of sp³-hybridized carbons (Fsp3) is 0.304. The number of rotatable bonds is 4. The standard InChI is InChI=1S/C20H18ClNO3.C3H8/c1-12(23)10-17-13(2)22(19-9-8-16(25-3)11-18(17)19)20(24)14-4-6-15(21)7-5-14;1-3-2/h4-9,11H,10H2,1-3H3;3H2,1-2H3. The molecule has 3 rings (SSSR count). The van der Waals surface area contributed by atoms with E-state index >= 15 is 0 Å². The molecule has 148 valence electrons. The van der Waals surface area contributed by atoms with Gasteiger partial charge in [-0.1, -0.05) is 31.9 Å². The minimum absolute atomic E-state index is 0.0453. The molecule has 0 spiro atoms. The number of ether oxygens (including phenoxy) is 1. The molecule has 0 aliphatic rings. The van der Waals surface area contributed by atoms with Gasteiger partial charge in [-0.2, -0.15) is 0 Å². The van der Waals surface area contributed by atoms with Gasteiger partial charge in [-0.05, 0) is 61.9 Å². The van der Waals surface area contributed by atoms with E-state index in [2.05, 4.69) is 13.8 Å². The predicted octanol–water partition coefficient (Wildman–Crippen LogP) is 5.85. The first-order chi connectivity index (χ1) is 13.3. The average Bonchev–Trinajstić information content (AvgIpc) is 2.93. The molecule has 0 unspecified atom stereocenters. The molecule has 0 aliphatic heterocycles. The molecule has 0 atom stereocenters. The van der Waals surface area contributed by atoms with Crippen molar-refractivity contribution in [2.24, 2.45) is 0 Å². The molecule has 4 nitrogen and oxygen atoms in total. The molecule has 0 N–H and O–H groups in total. The monoisotopic (exact) mass is 399 g/mol. The number of benzene rings is 2. The summed E-state index contributed by atoms with van der Waals surface area (Å²) in [5.41, 5.74) is 2.91. The van der Waals surface area contributed by atoms with E-state index in [1.807, 2.05) is 25.1 Å². The maximum Gasteiger partial charge on any atom is 0.262 e. The molecule has 0 fully saturated rings. The second kappa shape index (κ2) is 9.56. The van der Waals surface area contributed by atoms with Crippen molar-refractivity contribution < 1.29 is 14.3 Å². The normalized spacial score (nSPS) is 10.4. The van der Waals surface area contributed by atoms with Crippen molar-refractivity contribution in [3.8, 4) is 5.75 Å². The van der Waals surface area contributed by atoms with Crippen LogP contribution in [0.2, 0.25) is 5.02 Å². The summed E-state index contributed by atoms with van der Waals surface area (Å²) < 4.78 is 6.95. The molecule has 3 aromatic rings. The molecule has 1 heterocycles. The van der Waals surface area contributed by atoms with Gasteiger partial charge in [-0.15, -0.1) is 0 Å². The number of halogens is 1. The molecule has 28 heavy (non-hydrogen) atoms. The number of nitrogens with zero attached hydrogens (tertiary/aromatic N) is 1. The Morgan fingerprint density at radius 1 is 1.07 bits per heavy atom. The van der Waals surface area contributed by atoms with Gasteiger partial charge in [0.1, 0.15) is 11.5 Å². The van der Waals surface area contributed by atoms with Crippen molar-refractivity contribution >= 4 is 34.2 Å². The highest BCUT2D eigenvalue weighted by atomic mass is 35.5. The Morgan fingerprint density at radius 2 is 1.68 bits per heavy atom. The van der Waals surface area contributed by atoms with Gasteiger partial charge < -0.3 is 4.74 Å². The highest BCUT2D eigenvalue weighted by Crippen LogP contribution is 2.30. The van der Waals surface area contributed by atoms with Crippen molar-refractivity contribution in [2.75, 3.05) is 7.11 Å². The Balaban J connectivity index is 0.000000878. The summed E-state index contributed by atoms with van der Waals surface area (Å²) >= 11 is 5.91. The van der Waals surface area contributed by atoms with Crippen LogP contribution in [0.5, 0.6) is 5.75 Å². The van der Waals surface area contributed by atoms with Crippen LogP contribution in [0.3, 0.4) is 0 Å². The molecule has 2 aromatic carbocycles. The Morgan fingerprint density at radius 3 is 2.21 bits per heavy atom. The molecular weight excluding hydrogens is 374 g/mol. The fourth-order valence-electron chi connectivity index (χ4n) is 3.04. The van der Waals surface area contributed by atoms with Crippen LogP contribution in [0.25, 0.3) is 10.9 Å². The van der Waals surface area contributed by atoms with Crippen molar-refractivity contribution in [1.82, 2.24) is 4.57 Å². The number of aromatic nitrogens is 1. The molecule has 0 saturated heterocycles. The molecule has 0 bridgehead atoms. The summed E-state index contributed by atoms with van der Waals surface area (Å²) in [5, 5.41) is 1.43. The molecule has 0 aliphatic carbocycles. The van der Waals surface area contributed by atoms with Crippen LogP contribution in [0.1, 0.15) is 48.8 Å². The lowest BCUT2D eigenvalue weighted by atomic mass is 10.1. The highest BCUT2D eigenvalue weighted by Gasteiger charge is 2.21. The molecular formula is C23H26ClNO3. The number of Topliss-reactive ketones (excluding diaryl/α,β-unsaturated/α-hetero) is 1. The van der Waals surface area contributed by atoms with E-state index in [0.717, 1.165) is 22.2 Å². The molecule has 5 heteroatoms. The van der Waals surface area contributed by atoms with Crippen LogP contribution in [0.15, 0.2) is 42.5 Å². The predicted molar refractivity (Wildman–Crippen MR) is 115 cm³/mol.